The molecular weight excluding hydrogens is 228 g/mol. The lowest BCUT2D eigenvalue weighted by atomic mass is 9.97. The highest BCUT2D eigenvalue weighted by molar-refractivity contribution is 6.01. The Bertz CT molecular complexity index is 558. The Labute approximate surface area is 95.4 Å². The van der Waals surface area contributed by atoms with Gasteiger partial charge in [-0.2, -0.15) is 0 Å². The number of ether oxygens (including phenoxy) is 1. The highest BCUT2D eigenvalue weighted by Crippen LogP contribution is 2.35. The average molecular weight is 236 g/mol. The van der Waals surface area contributed by atoms with Crippen LogP contribution in [0.15, 0.2) is 6.07 Å². The fourth-order valence-corrected chi connectivity index (χ4v) is 1.87. The molecule has 0 amide bonds. The van der Waals surface area contributed by atoms with Crippen molar-refractivity contribution in [1.29, 1.82) is 0 Å². The van der Waals surface area contributed by atoms with Gasteiger partial charge in [0.2, 0.25) is 0 Å². The predicted molar refractivity (Wildman–Crippen MR) is 54.4 cm³/mol. The molecule has 17 heavy (non-hydrogen) atoms. The minimum Gasteiger partial charge on any atom is -0.478 e. The van der Waals surface area contributed by atoms with Crippen molar-refractivity contribution in [2.45, 2.75) is 13.3 Å². The summed E-state index contributed by atoms with van der Waals surface area (Å²) < 4.78 is 4.79. The first kappa shape index (κ1) is 11.1. The second-order valence-electron chi connectivity index (χ2n) is 3.68. The van der Waals surface area contributed by atoms with Gasteiger partial charge in [0.25, 0.3) is 0 Å². The van der Waals surface area contributed by atoms with Crippen LogP contribution < -0.4 is 4.74 Å². The molecule has 0 saturated carbocycles. The minimum absolute atomic E-state index is 0.0895. The Kier molecular flexibility index (Phi) is 2.35. The third-order valence-corrected chi connectivity index (χ3v) is 2.56. The van der Waals surface area contributed by atoms with Gasteiger partial charge in [0.05, 0.1) is 12.0 Å². The first-order valence-corrected chi connectivity index (χ1v) is 4.75. The number of aryl methyl sites for hydroxylation is 1. The van der Waals surface area contributed by atoms with Gasteiger partial charge >= 0.3 is 17.9 Å². The molecule has 1 aromatic carbocycles. The average Bonchev–Trinajstić information content (AvgIpc) is 2.56. The van der Waals surface area contributed by atoms with E-state index in [4.69, 9.17) is 14.9 Å². The Morgan fingerprint density at radius 2 is 1.94 bits per heavy atom. The third kappa shape index (κ3) is 1.63. The molecule has 0 spiro atoms. The number of carboxylic acids is 2. The van der Waals surface area contributed by atoms with Crippen LogP contribution in [0.3, 0.4) is 0 Å². The van der Waals surface area contributed by atoms with Gasteiger partial charge in [-0.25, -0.2) is 9.59 Å². The van der Waals surface area contributed by atoms with Crippen molar-refractivity contribution in [1.82, 2.24) is 0 Å². The second kappa shape index (κ2) is 3.58. The Balaban J connectivity index is 2.77. The molecule has 0 aromatic heterocycles. The van der Waals surface area contributed by atoms with E-state index in [-0.39, 0.29) is 34.4 Å². The van der Waals surface area contributed by atoms with Crippen LogP contribution in [-0.4, -0.2) is 28.1 Å². The summed E-state index contributed by atoms with van der Waals surface area (Å²) in [6, 6.07) is 1.24. The molecule has 1 aromatic rings. The molecule has 0 fully saturated rings. The molecule has 0 unspecified atom stereocenters. The zero-order valence-electron chi connectivity index (χ0n) is 8.81. The van der Waals surface area contributed by atoms with E-state index < -0.39 is 17.9 Å². The van der Waals surface area contributed by atoms with E-state index >= 15 is 0 Å². The van der Waals surface area contributed by atoms with Crippen LogP contribution in [0.5, 0.6) is 5.75 Å². The molecule has 0 bridgehead atoms. The van der Waals surface area contributed by atoms with Gasteiger partial charge in [-0.3, -0.25) is 4.79 Å². The number of rotatable bonds is 2. The maximum atomic E-state index is 11.2. The van der Waals surface area contributed by atoms with Crippen molar-refractivity contribution in [3.8, 4) is 5.75 Å². The molecular formula is C11H8O6. The quantitative estimate of drug-likeness (QED) is 0.583. The SMILES string of the molecule is Cc1cc(C(=O)O)c2c(c1C(=O)O)OC(=O)C2. The maximum Gasteiger partial charge on any atom is 0.339 e. The minimum atomic E-state index is -1.25. The lowest BCUT2D eigenvalue weighted by molar-refractivity contribution is -0.131. The van der Waals surface area contributed by atoms with Crippen molar-refractivity contribution in [3.05, 3.63) is 28.3 Å². The molecule has 2 rings (SSSR count). The molecule has 1 heterocycles. The van der Waals surface area contributed by atoms with Gasteiger partial charge in [0.1, 0.15) is 11.3 Å². The van der Waals surface area contributed by atoms with E-state index in [9.17, 15) is 14.4 Å². The number of fused-ring (bicyclic) bond motifs is 1. The maximum absolute atomic E-state index is 11.2. The van der Waals surface area contributed by atoms with E-state index in [0.717, 1.165) is 0 Å². The highest BCUT2D eigenvalue weighted by atomic mass is 16.5. The van der Waals surface area contributed by atoms with Crippen LogP contribution in [0.2, 0.25) is 0 Å². The van der Waals surface area contributed by atoms with Crippen molar-refractivity contribution < 1.29 is 29.3 Å². The summed E-state index contributed by atoms with van der Waals surface area (Å²) >= 11 is 0. The van der Waals surface area contributed by atoms with E-state index in [1.807, 2.05) is 0 Å². The number of benzene rings is 1. The molecule has 0 saturated heterocycles. The molecule has 0 radical (unpaired) electrons. The largest absolute Gasteiger partial charge is 0.478 e. The van der Waals surface area contributed by atoms with Crippen LogP contribution in [0.1, 0.15) is 31.8 Å². The predicted octanol–water partition coefficient (Wildman–Crippen LogP) is 0.853. The van der Waals surface area contributed by atoms with Crippen LogP contribution in [0, 0.1) is 6.92 Å². The molecule has 6 nitrogen and oxygen atoms in total. The third-order valence-electron chi connectivity index (χ3n) is 2.56. The van der Waals surface area contributed by atoms with Gasteiger partial charge < -0.3 is 14.9 Å². The highest BCUT2D eigenvalue weighted by Gasteiger charge is 2.32. The second-order valence-corrected chi connectivity index (χ2v) is 3.68. The van der Waals surface area contributed by atoms with E-state index in [2.05, 4.69) is 0 Å². The number of carbonyl (C=O) groups excluding carboxylic acids is 1. The number of carbonyl (C=O) groups is 3. The van der Waals surface area contributed by atoms with E-state index in [0.29, 0.717) is 0 Å². The Morgan fingerprint density at radius 1 is 1.29 bits per heavy atom. The lowest BCUT2D eigenvalue weighted by Crippen LogP contribution is -2.08. The number of esters is 1. The van der Waals surface area contributed by atoms with Gasteiger partial charge in [-0.1, -0.05) is 0 Å². The van der Waals surface area contributed by atoms with Gasteiger partial charge in [0, 0.05) is 5.56 Å². The number of aromatic carboxylic acids is 2. The Morgan fingerprint density at radius 3 is 2.47 bits per heavy atom. The monoisotopic (exact) mass is 236 g/mol. The molecule has 0 atom stereocenters. The van der Waals surface area contributed by atoms with Crippen molar-refractivity contribution in [2.75, 3.05) is 0 Å². The standard InChI is InChI=1S/C11H8O6/c1-4-2-6(10(13)14)5-3-7(12)17-9(5)8(4)11(15)16/h2H,3H2,1H3,(H,13,14)(H,15,16). The molecule has 2 N–H and O–H groups in total. The van der Waals surface area contributed by atoms with Gasteiger partial charge in [-0.05, 0) is 18.6 Å². The van der Waals surface area contributed by atoms with Crippen LogP contribution >= 0.6 is 0 Å². The van der Waals surface area contributed by atoms with Crippen LogP contribution in [-0.2, 0) is 11.2 Å². The van der Waals surface area contributed by atoms with Crippen LogP contribution in [0.4, 0.5) is 0 Å². The topological polar surface area (TPSA) is 101 Å². The summed E-state index contributed by atoms with van der Waals surface area (Å²) in [4.78, 5) is 33.2. The smallest absolute Gasteiger partial charge is 0.339 e. The summed E-state index contributed by atoms with van der Waals surface area (Å²) in [6.45, 7) is 1.46. The first-order valence-electron chi connectivity index (χ1n) is 4.75. The van der Waals surface area contributed by atoms with Crippen LogP contribution in [0.25, 0.3) is 0 Å². The van der Waals surface area contributed by atoms with E-state index in [1.165, 1.54) is 13.0 Å². The summed E-state index contributed by atoms with van der Waals surface area (Å²) in [5, 5.41) is 18.0. The molecule has 0 aliphatic carbocycles. The normalized spacial score (nSPS) is 13.1. The van der Waals surface area contributed by atoms with Gasteiger partial charge in [-0.15, -0.1) is 0 Å². The summed E-state index contributed by atoms with van der Waals surface area (Å²) in [5.41, 5.74) is 0.137. The lowest BCUT2D eigenvalue weighted by Gasteiger charge is -2.08. The van der Waals surface area contributed by atoms with E-state index in [1.54, 1.807) is 0 Å². The zero-order chi connectivity index (χ0) is 12.7. The van der Waals surface area contributed by atoms with Crippen molar-refractivity contribution >= 4 is 17.9 Å². The first-order chi connectivity index (χ1) is 7.91. The summed E-state index contributed by atoms with van der Waals surface area (Å²) in [5.74, 6) is -3.24. The number of carboxylic acid groups (broad SMARTS) is 2. The molecule has 88 valence electrons. The Hall–Kier alpha value is -2.37. The molecule has 1 aliphatic heterocycles. The fraction of sp³-hybridized carbons (Fsp3) is 0.182. The number of hydrogen-bond acceptors (Lipinski definition) is 4. The number of hydrogen-bond donors (Lipinski definition) is 2. The zero-order valence-corrected chi connectivity index (χ0v) is 8.81. The molecule has 1 aliphatic rings. The molecule has 6 heteroatoms. The summed E-state index contributed by atoms with van der Waals surface area (Å²) in [6.07, 6.45) is -0.211. The van der Waals surface area contributed by atoms with Gasteiger partial charge in [0.15, 0.2) is 0 Å². The van der Waals surface area contributed by atoms with Crippen molar-refractivity contribution in [2.24, 2.45) is 0 Å². The fourth-order valence-electron chi connectivity index (χ4n) is 1.87. The summed E-state index contributed by atoms with van der Waals surface area (Å²) in [7, 11) is 0. The van der Waals surface area contributed by atoms with Crippen molar-refractivity contribution in [3.63, 3.8) is 0 Å².